The second kappa shape index (κ2) is 12.6. The van der Waals surface area contributed by atoms with Crippen LogP contribution in [-0.4, -0.2) is 37.3 Å². The van der Waals surface area contributed by atoms with Crippen molar-refractivity contribution in [1.82, 2.24) is 4.57 Å². The Morgan fingerprint density at radius 3 is 2.47 bits per heavy atom. The van der Waals surface area contributed by atoms with Crippen LogP contribution in [0.5, 0.6) is 5.75 Å². The number of esters is 2. The van der Waals surface area contributed by atoms with E-state index < -0.39 is 18.0 Å². The van der Waals surface area contributed by atoms with Crippen LogP contribution in [0.2, 0.25) is 0 Å². The van der Waals surface area contributed by atoms with Crippen LogP contribution in [-0.2, 0) is 14.3 Å². The predicted molar refractivity (Wildman–Crippen MR) is 170 cm³/mol. The molecule has 0 amide bonds. The van der Waals surface area contributed by atoms with Gasteiger partial charge in [0.15, 0.2) is 4.80 Å². The van der Waals surface area contributed by atoms with Crippen molar-refractivity contribution in [3.8, 4) is 17.1 Å². The molecule has 226 valence electrons. The van der Waals surface area contributed by atoms with E-state index in [1.54, 1.807) is 62.6 Å². The highest BCUT2D eigenvalue weighted by atomic mass is 32.1. The van der Waals surface area contributed by atoms with E-state index in [9.17, 15) is 14.4 Å². The van der Waals surface area contributed by atoms with Crippen molar-refractivity contribution in [1.29, 1.82) is 0 Å². The Hall–Kier alpha value is -5.48. The van der Waals surface area contributed by atoms with Crippen LogP contribution < -0.4 is 19.6 Å². The molecule has 0 spiro atoms. The highest BCUT2D eigenvalue weighted by molar-refractivity contribution is 7.07. The van der Waals surface area contributed by atoms with Crippen molar-refractivity contribution in [2.75, 3.05) is 20.8 Å². The van der Waals surface area contributed by atoms with Crippen LogP contribution in [0.25, 0.3) is 23.1 Å². The molecular weight excluding hydrogens is 592 g/mol. The number of fused-ring (bicyclic) bond motifs is 1. The molecule has 0 fully saturated rings. The second-order valence-corrected chi connectivity index (χ2v) is 11.0. The van der Waals surface area contributed by atoms with E-state index >= 15 is 0 Å². The van der Waals surface area contributed by atoms with E-state index in [0.29, 0.717) is 49.0 Å². The van der Waals surface area contributed by atoms with Crippen molar-refractivity contribution in [2.24, 2.45) is 4.99 Å². The highest BCUT2D eigenvalue weighted by Crippen LogP contribution is 2.36. The molecule has 5 aromatic rings. The van der Waals surface area contributed by atoms with Crippen molar-refractivity contribution < 1.29 is 28.2 Å². The normalized spacial score (nSPS) is 14.5. The van der Waals surface area contributed by atoms with Crippen LogP contribution in [0.4, 0.5) is 0 Å². The summed E-state index contributed by atoms with van der Waals surface area (Å²) >= 11 is 1.19. The van der Waals surface area contributed by atoms with Crippen LogP contribution in [0.3, 0.4) is 0 Å². The monoisotopic (exact) mass is 620 g/mol. The lowest BCUT2D eigenvalue weighted by atomic mass is 9.93. The van der Waals surface area contributed by atoms with Gasteiger partial charge in [0.2, 0.25) is 0 Å². The molecule has 0 N–H and O–H groups in total. The molecule has 0 saturated heterocycles. The molecule has 9 nitrogen and oxygen atoms in total. The number of carbonyl (C=O) groups is 2. The molecule has 0 radical (unpaired) electrons. The van der Waals surface area contributed by atoms with E-state index in [0.717, 1.165) is 5.56 Å². The average Bonchev–Trinajstić information content (AvgIpc) is 3.68. The van der Waals surface area contributed by atoms with Crippen LogP contribution in [0, 0.1) is 0 Å². The number of carbonyl (C=O) groups excluding carboxylic acids is 2. The van der Waals surface area contributed by atoms with Crippen molar-refractivity contribution in [3.05, 3.63) is 139 Å². The summed E-state index contributed by atoms with van der Waals surface area (Å²) in [5.41, 5.74) is 2.80. The molecule has 0 unspecified atom stereocenters. The molecule has 10 heteroatoms. The number of aromatic nitrogens is 1. The van der Waals surface area contributed by atoms with Crippen molar-refractivity contribution in [2.45, 2.75) is 13.0 Å². The van der Waals surface area contributed by atoms with Gasteiger partial charge in [-0.05, 0) is 48.9 Å². The Morgan fingerprint density at radius 2 is 1.71 bits per heavy atom. The van der Waals surface area contributed by atoms with E-state index in [1.165, 1.54) is 23.0 Å². The quantitative estimate of drug-likeness (QED) is 0.225. The molecular formula is C35H28N2O7S. The van der Waals surface area contributed by atoms with E-state index in [4.69, 9.17) is 23.6 Å². The highest BCUT2D eigenvalue weighted by Gasteiger charge is 2.35. The number of thiazole rings is 1. The number of nitrogens with zero attached hydrogens (tertiary/aromatic N) is 2. The third-order valence-corrected chi connectivity index (χ3v) is 8.23. The largest absolute Gasteiger partial charge is 0.497 e. The molecule has 1 aliphatic rings. The first-order valence-electron chi connectivity index (χ1n) is 14.1. The van der Waals surface area contributed by atoms with Gasteiger partial charge in [-0.3, -0.25) is 9.36 Å². The predicted octanol–water partition coefficient (Wildman–Crippen LogP) is 4.99. The molecule has 0 bridgehead atoms. The lowest BCUT2D eigenvalue weighted by molar-refractivity contribution is -0.138. The summed E-state index contributed by atoms with van der Waals surface area (Å²) in [6, 6.07) is 26.2. The maximum atomic E-state index is 14.1. The Morgan fingerprint density at radius 1 is 0.933 bits per heavy atom. The number of ether oxygens (including phenoxy) is 3. The zero-order valence-electron chi connectivity index (χ0n) is 24.7. The van der Waals surface area contributed by atoms with Crippen LogP contribution in [0.1, 0.15) is 40.2 Å². The molecule has 0 aliphatic carbocycles. The summed E-state index contributed by atoms with van der Waals surface area (Å²) in [5, 5.41) is 0. The third kappa shape index (κ3) is 5.75. The number of methoxy groups -OCH3 is 2. The lowest BCUT2D eigenvalue weighted by Gasteiger charge is -2.26. The third-order valence-electron chi connectivity index (χ3n) is 7.25. The maximum absolute atomic E-state index is 14.1. The summed E-state index contributed by atoms with van der Waals surface area (Å²) in [6.07, 6.45) is 1.65. The summed E-state index contributed by atoms with van der Waals surface area (Å²) < 4.78 is 23.8. The molecule has 3 aromatic carbocycles. The molecule has 6 rings (SSSR count). The SMILES string of the molecule is CCOC(=O)C1=C(c2ccccc2)N=c2s/c(=C\c3ccc(-c4cccc(C(=O)OC)c4)o3)c(=O)n2[C@H]1c1cccc(OC)c1. The Kier molecular flexibility index (Phi) is 8.30. The van der Waals surface area contributed by atoms with E-state index in [-0.39, 0.29) is 17.7 Å². The molecule has 1 aliphatic heterocycles. The van der Waals surface area contributed by atoms with Gasteiger partial charge < -0.3 is 18.6 Å². The van der Waals surface area contributed by atoms with Gasteiger partial charge in [0, 0.05) is 17.2 Å². The standard InChI is InChI=1S/C35H28N2O7S/c1-4-43-34(40)29-30(21-10-6-5-7-11-21)36-35-37(31(29)23-13-9-15-25(19-23)41-2)32(38)28(45-35)20-26-16-17-27(44-26)22-12-8-14-24(18-22)33(39)42-3/h5-20,31H,4H2,1-3H3/b28-20-/t31-/m0/s1. The van der Waals surface area contributed by atoms with Gasteiger partial charge in [-0.15, -0.1) is 0 Å². The lowest BCUT2D eigenvalue weighted by Crippen LogP contribution is -2.40. The minimum absolute atomic E-state index is 0.156. The molecule has 1 atom stereocenters. The van der Waals surface area contributed by atoms with Gasteiger partial charge in [0.1, 0.15) is 17.3 Å². The van der Waals surface area contributed by atoms with Gasteiger partial charge in [0.25, 0.3) is 5.56 Å². The van der Waals surface area contributed by atoms with Gasteiger partial charge >= 0.3 is 11.9 Å². The summed E-state index contributed by atoms with van der Waals surface area (Å²) in [5.74, 6) is 0.518. The topological polar surface area (TPSA) is 109 Å². The first-order chi connectivity index (χ1) is 21.9. The summed E-state index contributed by atoms with van der Waals surface area (Å²) in [4.78, 5) is 45.1. The summed E-state index contributed by atoms with van der Waals surface area (Å²) in [7, 11) is 2.89. The fourth-order valence-corrected chi connectivity index (χ4v) is 6.18. The zero-order chi connectivity index (χ0) is 31.5. The second-order valence-electron chi connectivity index (χ2n) is 9.98. The smallest absolute Gasteiger partial charge is 0.338 e. The molecule has 45 heavy (non-hydrogen) atoms. The minimum atomic E-state index is -0.832. The first kappa shape index (κ1) is 29.6. The zero-order valence-corrected chi connectivity index (χ0v) is 25.5. The van der Waals surface area contributed by atoms with E-state index in [1.807, 2.05) is 48.5 Å². The molecule has 3 heterocycles. The number of furan rings is 1. The fraction of sp³-hybridized carbons (Fsp3) is 0.143. The summed E-state index contributed by atoms with van der Waals surface area (Å²) in [6.45, 7) is 1.89. The van der Waals surface area contributed by atoms with Crippen molar-refractivity contribution >= 4 is 35.0 Å². The average molecular weight is 621 g/mol. The number of rotatable bonds is 8. The Bertz CT molecular complexity index is 2120. The number of hydrogen-bond acceptors (Lipinski definition) is 9. The van der Waals surface area contributed by atoms with Gasteiger partial charge in [-0.25, -0.2) is 14.6 Å². The Labute approximate surface area is 262 Å². The maximum Gasteiger partial charge on any atom is 0.338 e. The first-order valence-corrected chi connectivity index (χ1v) is 14.9. The van der Waals surface area contributed by atoms with Crippen LogP contribution in [0.15, 0.2) is 111 Å². The fourth-order valence-electron chi connectivity index (χ4n) is 5.20. The van der Waals surface area contributed by atoms with E-state index in [2.05, 4.69) is 0 Å². The number of hydrogen-bond donors (Lipinski definition) is 0. The number of benzene rings is 3. The van der Waals surface area contributed by atoms with Gasteiger partial charge in [-0.1, -0.05) is 65.9 Å². The Balaban J connectivity index is 1.53. The van der Waals surface area contributed by atoms with Crippen molar-refractivity contribution in [3.63, 3.8) is 0 Å². The minimum Gasteiger partial charge on any atom is -0.497 e. The van der Waals surface area contributed by atoms with Crippen LogP contribution >= 0.6 is 11.3 Å². The molecule has 0 saturated carbocycles. The van der Waals surface area contributed by atoms with Gasteiger partial charge in [0.05, 0.1) is 48.2 Å². The van der Waals surface area contributed by atoms with Gasteiger partial charge in [-0.2, -0.15) is 0 Å². The molecule has 2 aromatic heterocycles.